The Labute approximate surface area is 251 Å². The van der Waals surface area contributed by atoms with E-state index in [1.807, 2.05) is 11.0 Å². The van der Waals surface area contributed by atoms with Crippen molar-refractivity contribution in [2.45, 2.75) is 49.7 Å². The average Bonchev–Trinajstić information content (AvgIpc) is 3.47. The normalized spacial score (nSPS) is 14.3. The Morgan fingerprint density at radius 2 is 1.81 bits per heavy atom. The van der Waals surface area contributed by atoms with Gasteiger partial charge in [0.05, 0.1) is 41.4 Å². The molecule has 0 radical (unpaired) electrons. The van der Waals surface area contributed by atoms with Crippen molar-refractivity contribution in [1.82, 2.24) is 29.8 Å². The fraction of sp³-hybridized carbons (Fsp3) is 0.400. The summed E-state index contributed by atoms with van der Waals surface area (Å²) in [6, 6.07) is 12.6. The highest BCUT2D eigenvalue weighted by Gasteiger charge is 2.26. The molecule has 1 fully saturated rings. The minimum absolute atomic E-state index is 0.129. The number of aromatic nitrogens is 4. The van der Waals surface area contributed by atoms with Crippen molar-refractivity contribution in [2.75, 3.05) is 44.4 Å². The number of carbonyl (C=O) groups is 1. The van der Waals surface area contributed by atoms with Crippen LogP contribution >= 0.6 is 0 Å². The van der Waals surface area contributed by atoms with E-state index in [2.05, 4.69) is 44.0 Å². The van der Waals surface area contributed by atoms with Gasteiger partial charge >= 0.3 is 0 Å². The molecule has 0 spiro atoms. The van der Waals surface area contributed by atoms with Crippen molar-refractivity contribution < 1.29 is 17.9 Å². The molecule has 1 aliphatic rings. The van der Waals surface area contributed by atoms with Gasteiger partial charge in [0.15, 0.2) is 15.5 Å². The van der Waals surface area contributed by atoms with E-state index in [1.165, 1.54) is 10.1 Å². The Kier molecular flexibility index (Phi) is 8.83. The number of piperidine rings is 1. The van der Waals surface area contributed by atoms with E-state index in [4.69, 9.17) is 4.74 Å². The zero-order valence-electron chi connectivity index (χ0n) is 25.1. The zero-order chi connectivity index (χ0) is 30.7. The second-order valence-corrected chi connectivity index (χ2v) is 13.4. The van der Waals surface area contributed by atoms with Crippen LogP contribution in [0.25, 0.3) is 5.65 Å². The molecule has 13 heteroatoms. The van der Waals surface area contributed by atoms with E-state index in [1.54, 1.807) is 64.5 Å². The highest BCUT2D eigenvalue weighted by molar-refractivity contribution is 7.92. The summed E-state index contributed by atoms with van der Waals surface area (Å²) < 4.78 is 33.4. The third-order valence-corrected chi connectivity index (χ3v) is 9.98. The van der Waals surface area contributed by atoms with Gasteiger partial charge in [0.25, 0.3) is 0 Å². The standard InChI is InChI=1S/C30H38N8O4S/c1-19(2)43(40,41)26-9-7-6-8-23(26)34-30-36-29(35-27-10-13-32-38(27)30)33-24-16-20(3)22(17-25(24)42-5)21-11-14-37(15-12-21)28(39)18-31-4/h6-10,13,16-17,19,21,31H,11-12,14-15,18H2,1-5H3,(H2,33,34,35,36). The van der Waals surface area contributed by atoms with E-state index in [0.717, 1.165) is 31.5 Å². The summed E-state index contributed by atoms with van der Waals surface area (Å²) in [6.45, 7) is 7.18. The maximum Gasteiger partial charge on any atom is 0.236 e. The molecule has 2 aromatic carbocycles. The quantitative estimate of drug-likeness (QED) is 0.242. The molecule has 0 bridgehead atoms. The van der Waals surface area contributed by atoms with Gasteiger partial charge in [-0.15, -0.1) is 0 Å². The first-order valence-electron chi connectivity index (χ1n) is 14.3. The van der Waals surface area contributed by atoms with Crippen LogP contribution in [0.15, 0.2) is 53.6 Å². The predicted octanol–water partition coefficient (Wildman–Crippen LogP) is 4.04. The molecule has 1 aliphatic heterocycles. The van der Waals surface area contributed by atoms with E-state index >= 15 is 0 Å². The molecule has 0 aliphatic carbocycles. The second kappa shape index (κ2) is 12.6. The molecule has 0 atom stereocenters. The fourth-order valence-corrected chi connectivity index (χ4v) is 6.59. The van der Waals surface area contributed by atoms with Crippen molar-refractivity contribution in [3.05, 3.63) is 59.8 Å². The first-order chi connectivity index (χ1) is 20.6. The van der Waals surface area contributed by atoms with Crippen LogP contribution in [0.5, 0.6) is 5.75 Å². The summed E-state index contributed by atoms with van der Waals surface area (Å²) in [4.78, 5) is 23.7. The molecule has 1 saturated heterocycles. The van der Waals surface area contributed by atoms with Crippen molar-refractivity contribution in [3.8, 4) is 5.75 Å². The van der Waals surface area contributed by atoms with E-state index in [9.17, 15) is 13.2 Å². The molecule has 228 valence electrons. The summed E-state index contributed by atoms with van der Waals surface area (Å²) in [5.41, 5.74) is 3.91. The van der Waals surface area contributed by atoms with Gasteiger partial charge in [-0.2, -0.15) is 19.6 Å². The topological polar surface area (TPSA) is 143 Å². The average molecular weight is 607 g/mol. The summed E-state index contributed by atoms with van der Waals surface area (Å²) in [7, 11) is -0.147. The van der Waals surface area contributed by atoms with Crippen molar-refractivity contribution in [2.24, 2.45) is 0 Å². The zero-order valence-corrected chi connectivity index (χ0v) is 25.9. The number of para-hydroxylation sites is 1. The molecule has 43 heavy (non-hydrogen) atoms. The smallest absolute Gasteiger partial charge is 0.236 e. The molecule has 2 aromatic heterocycles. The van der Waals surface area contributed by atoms with Gasteiger partial charge in [0.2, 0.25) is 17.8 Å². The van der Waals surface area contributed by atoms with Gasteiger partial charge in [-0.25, -0.2) is 8.42 Å². The number of methoxy groups -OCH3 is 1. The molecule has 5 rings (SSSR count). The van der Waals surface area contributed by atoms with Crippen molar-refractivity contribution in [1.29, 1.82) is 0 Å². The summed E-state index contributed by atoms with van der Waals surface area (Å²) in [5, 5.41) is 13.1. The predicted molar refractivity (Wildman–Crippen MR) is 166 cm³/mol. The minimum Gasteiger partial charge on any atom is -0.495 e. The number of likely N-dealkylation sites (tertiary alicyclic amines) is 1. The van der Waals surface area contributed by atoms with Gasteiger partial charge in [0.1, 0.15) is 5.75 Å². The lowest BCUT2D eigenvalue weighted by molar-refractivity contribution is -0.131. The third-order valence-electron chi connectivity index (χ3n) is 7.77. The van der Waals surface area contributed by atoms with Crippen LogP contribution in [-0.2, 0) is 14.6 Å². The maximum absolute atomic E-state index is 13.0. The van der Waals surface area contributed by atoms with Gasteiger partial charge in [-0.1, -0.05) is 12.1 Å². The number of hydrogen-bond donors (Lipinski definition) is 3. The van der Waals surface area contributed by atoms with Gasteiger partial charge in [-0.05, 0) is 82.0 Å². The first kappa shape index (κ1) is 30.2. The van der Waals surface area contributed by atoms with Crippen LogP contribution < -0.4 is 20.7 Å². The van der Waals surface area contributed by atoms with E-state index in [-0.39, 0.29) is 10.8 Å². The number of nitrogens with one attached hydrogen (secondary N) is 3. The van der Waals surface area contributed by atoms with Gasteiger partial charge in [0, 0.05) is 19.2 Å². The van der Waals surface area contributed by atoms with Crippen molar-refractivity contribution >= 4 is 44.7 Å². The Balaban J connectivity index is 1.42. The van der Waals surface area contributed by atoms with Crippen LogP contribution in [0.1, 0.15) is 43.7 Å². The van der Waals surface area contributed by atoms with E-state index < -0.39 is 15.1 Å². The van der Waals surface area contributed by atoms with Gasteiger partial charge in [-0.3, -0.25) is 4.79 Å². The summed E-state index contributed by atoms with van der Waals surface area (Å²) in [6.07, 6.45) is 3.37. The van der Waals surface area contributed by atoms with Gasteiger partial charge < -0.3 is 25.6 Å². The Morgan fingerprint density at radius 3 is 2.51 bits per heavy atom. The number of sulfone groups is 1. The molecule has 4 aromatic rings. The first-order valence-corrected chi connectivity index (χ1v) is 15.9. The molecular weight excluding hydrogens is 568 g/mol. The molecule has 3 heterocycles. The van der Waals surface area contributed by atoms with Crippen LogP contribution in [0.3, 0.4) is 0 Å². The van der Waals surface area contributed by atoms with Crippen LogP contribution in [0, 0.1) is 6.92 Å². The maximum atomic E-state index is 13.0. The molecular formula is C30H38N8O4S. The number of benzene rings is 2. The highest BCUT2D eigenvalue weighted by atomic mass is 32.2. The lowest BCUT2D eigenvalue weighted by Crippen LogP contribution is -2.42. The number of hydrogen-bond acceptors (Lipinski definition) is 10. The number of ether oxygens (including phenoxy) is 1. The number of carbonyl (C=O) groups excluding carboxylic acids is 1. The minimum atomic E-state index is -3.55. The SMILES string of the molecule is CNCC(=O)N1CCC(c2cc(OC)c(Nc3nc(Nc4ccccc4S(=O)(=O)C(C)C)n4nccc4n3)cc2C)CC1. The highest BCUT2D eigenvalue weighted by Crippen LogP contribution is 2.37. The lowest BCUT2D eigenvalue weighted by atomic mass is 9.86. The molecule has 0 saturated carbocycles. The molecule has 12 nitrogen and oxygen atoms in total. The fourth-order valence-electron chi connectivity index (χ4n) is 5.39. The van der Waals surface area contributed by atoms with Crippen LogP contribution in [0.4, 0.5) is 23.3 Å². The Hall–Kier alpha value is -4.23. The van der Waals surface area contributed by atoms with Crippen LogP contribution in [-0.4, -0.2) is 77.8 Å². The second-order valence-electron chi connectivity index (χ2n) is 10.9. The number of nitrogens with zero attached hydrogens (tertiary/aromatic N) is 5. The van der Waals surface area contributed by atoms with Crippen molar-refractivity contribution in [3.63, 3.8) is 0 Å². The number of likely N-dealkylation sites (N-methyl/N-ethyl adjacent to an activating group) is 1. The molecule has 3 N–H and O–H groups in total. The molecule has 1 amide bonds. The summed E-state index contributed by atoms with van der Waals surface area (Å²) >= 11 is 0. The Morgan fingerprint density at radius 1 is 1.07 bits per heavy atom. The Bertz CT molecular complexity index is 1730. The number of amides is 1. The number of anilines is 4. The molecule has 0 unspecified atom stereocenters. The number of fused-ring (bicyclic) bond motifs is 1. The monoisotopic (exact) mass is 606 g/mol. The lowest BCUT2D eigenvalue weighted by Gasteiger charge is -2.33. The third kappa shape index (κ3) is 6.27. The number of rotatable bonds is 10. The largest absolute Gasteiger partial charge is 0.495 e. The van der Waals surface area contributed by atoms with E-state index in [0.29, 0.717) is 47.1 Å². The van der Waals surface area contributed by atoms with Crippen LogP contribution in [0.2, 0.25) is 0 Å². The summed E-state index contributed by atoms with van der Waals surface area (Å²) in [5.74, 6) is 1.69. The number of aryl methyl sites for hydroxylation is 1.